The summed E-state index contributed by atoms with van der Waals surface area (Å²) in [6.07, 6.45) is -0.620. The molecule has 0 bridgehead atoms. The first-order valence-electron chi connectivity index (χ1n) is 14.0. The summed E-state index contributed by atoms with van der Waals surface area (Å²) in [7, 11) is -0.731. The van der Waals surface area contributed by atoms with Crippen molar-refractivity contribution >= 4 is 30.3 Å². The molecule has 3 aromatic rings. The van der Waals surface area contributed by atoms with Gasteiger partial charge >= 0.3 is 19.2 Å². The van der Waals surface area contributed by atoms with Gasteiger partial charge in [-0.1, -0.05) is 48.5 Å². The lowest BCUT2D eigenvalue weighted by molar-refractivity contribution is 0.00578. The SMILES string of the molecule is Cc1c(B2OC(C)(C)C(C)(C)O2)cc(NC(=O)OCC2c3ccccc3-c3ccccc32)cc1C(=O)OC(C)(C)C. The first-order chi connectivity index (χ1) is 19.2. The van der Waals surface area contributed by atoms with Crippen LogP contribution in [0.2, 0.25) is 0 Å². The molecular weight excluding hydrogens is 517 g/mol. The largest absolute Gasteiger partial charge is 0.495 e. The number of carbonyl (C=O) groups is 2. The number of carbonyl (C=O) groups excluding carboxylic acids is 2. The average Bonchev–Trinajstić information content (AvgIpc) is 3.31. The van der Waals surface area contributed by atoms with Crippen molar-refractivity contribution in [1.82, 2.24) is 0 Å². The first-order valence-corrected chi connectivity index (χ1v) is 14.0. The molecule has 0 aromatic heterocycles. The Kier molecular flexibility index (Phi) is 7.29. The van der Waals surface area contributed by atoms with E-state index in [-0.39, 0.29) is 12.5 Å². The van der Waals surface area contributed by atoms with Crippen LogP contribution in [-0.4, -0.2) is 42.6 Å². The Hall–Kier alpha value is -3.62. The monoisotopic (exact) mass is 555 g/mol. The van der Waals surface area contributed by atoms with Crippen LogP contribution in [0, 0.1) is 6.92 Å². The number of ether oxygens (including phenoxy) is 2. The zero-order valence-electron chi connectivity index (χ0n) is 25.1. The number of hydrogen-bond donors (Lipinski definition) is 1. The van der Waals surface area contributed by atoms with Crippen molar-refractivity contribution in [3.63, 3.8) is 0 Å². The van der Waals surface area contributed by atoms with E-state index in [1.54, 1.807) is 12.1 Å². The minimum Gasteiger partial charge on any atom is -0.456 e. The van der Waals surface area contributed by atoms with Gasteiger partial charge in [-0.05, 0) is 101 Å². The number of amides is 1. The highest BCUT2D eigenvalue weighted by Crippen LogP contribution is 2.44. The van der Waals surface area contributed by atoms with Gasteiger partial charge in [0.25, 0.3) is 0 Å². The van der Waals surface area contributed by atoms with Crippen LogP contribution in [0.5, 0.6) is 0 Å². The molecule has 1 aliphatic carbocycles. The van der Waals surface area contributed by atoms with Crippen LogP contribution in [0.3, 0.4) is 0 Å². The normalized spacial score (nSPS) is 17.1. The van der Waals surface area contributed by atoms with Gasteiger partial charge in [0.05, 0.1) is 16.8 Å². The van der Waals surface area contributed by atoms with Gasteiger partial charge in [0.2, 0.25) is 0 Å². The van der Waals surface area contributed by atoms with Crippen molar-refractivity contribution < 1.29 is 28.4 Å². The van der Waals surface area contributed by atoms with Crippen molar-refractivity contribution in [2.75, 3.05) is 11.9 Å². The molecule has 1 aliphatic heterocycles. The number of hydrogen-bond acceptors (Lipinski definition) is 6. The second-order valence-corrected chi connectivity index (χ2v) is 12.8. The van der Waals surface area contributed by atoms with Crippen LogP contribution in [0.1, 0.15) is 81.4 Å². The standard InChI is InChI=1S/C33H38BNO6/c1-20-26(29(36)39-31(2,3)4)17-21(18-28(20)34-40-32(5,6)33(7,8)41-34)35-30(37)38-19-27-24-15-11-9-13-22(24)23-14-10-12-16-25(23)27/h9-18,27H,19H2,1-8H3,(H,35,37). The van der Waals surface area contributed by atoms with Crippen LogP contribution >= 0.6 is 0 Å². The van der Waals surface area contributed by atoms with E-state index >= 15 is 0 Å². The fourth-order valence-electron chi connectivity index (χ4n) is 5.32. The fourth-order valence-corrected chi connectivity index (χ4v) is 5.32. The highest BCUT2D eigenvalue weighted by atomic mass is 16.7. The molecule has 0 atom stereocenters. The van der Waals surface area contributed by atoms with E-state index in [2.05, 4.69) is 29.6 Å². The van der Waals surface area contributed by atoms with Crippen LogP contribution in [-0.2, 0) is 18.8 Å². The van der Waals surface area contributed by atoms with Crippen molar-refractivity contribution in [2.45, 2.75) is 78.1 Å². The molecule has 0 radical (unpaired) electrons. The Labute approximate surface area is 242 Å². The summed E-state index contributed by atoms with van der Waals surface area (Å²) in [5.41, 5.74) is 4.74. The van der Waals surface area contributed by atoms with Gasteiger partial charge in [-0.3, -0.25) is 5.32 Å². The Balaban J connectivity index is 1.40. The number of benzene rings is 3. The van der Waals surface area contributed by atoms with E-state index in [1.807, 2.05) is 79.7 Å². The summed E-state index contributed by atoms with van der Waals surface area (Å²) in [5, 5.41) is 2.82. The van der Waals surface area contributed by atoms with Crippen LogP contribution in [0.25, 0.3) is 11.1 Å². The van der Waals surface area contributed by atoms with E-state index in [0.29, 0.717) is 22.3 Å². The molecule has 7 nitrogen and oxygen atoms in total. The van der Waals surface area contributed by atoms with Crippen molar-refractivity contribution in [2.24, 2.45) is 0 Å². The molecule has 1 heterocycles. The van der Waals surface area contributed by atoms with Crippen molar-refractivity contribution in [3.05, 3.63) is 82.9 Å². The Morgan fingerprint density at radius 2 is 1.44 bits per heavy atom. The molecule has 214 valence electrons. The Bertz CT molecular complexity index is 1440. The molecule has 0 saturated carbocycles. The molecule has 0 spiro atoms. The highest BCUT2D eigenvalue weighted by molar-refractivity contribution is 6.63. The maximum atomic E-state index is 13.2. The summed E-state index contributed by atoms with van der Waals surface area (Å²) in [6.45, 7) is 15.3. The lowest BCUT2D eigenvalue weighted by atomic mass is 9.74. The lowest BCUT2D eigenvalue weighted by Gasteiger charge is -2.32. The second-order valence-electron chi connectivity index (χ2n) is 12.8. The van der Waals surface area contributed by atoms with Gasteiger partial charge in [0.1, 0.15) is 12.2 Å². The minimum absolute atomic E-state index is 0.0659. The zero-order chi connectivity index (χ0) is 29.7. The summed E-state index contributed by atoms with van der Waals surface area (Å²) in [5.74, 6) is -0.562. The van der Waals surface area contributed by atoms with Crippen molar-refractivity contribution in [1.29, 1.82) is 0 Å². The molecule has 1 saturated heterocycles. The zero-order valence-corrected chi connectivity index (χ0v) is 25.1. The predicted molar refractivity (Wildman–Crippen MR) is 161 cm³/mol. The number of nitrogens with one attached hydrogen (secondary N) is 1. The van der Waals surface area contributed by atoms with E-state index in [1.165, 1.54) is 0 Å². The van der Waals surface area contributed by atoms with Gasteiger partial charge in [-0.25, -0.2) is 9.59 Å². The molecule has 1 N–H and O–H groups in total. The first kappa shape index (κ1) is 28.9. The molecule has 0 unspecified atom stereocenters. The molecule has 41 heavy (non-hydrogen) atoms. The molecular formula is C33H38BNO6. The Morgan fingerprint density at radius 3 is 1.98 bits per heavy atom. The smallest absolute Gasteiger partial charge is 0.456 e. The maximum absolute atomic E-state index is 13.2. The fraction of sp³-hybridized carbons (Fsp3) is 0.394. The maximum Gasteiger partial charge on any atom is 0.495 e. The highest BCUT2D eigenvalue weighted by Gasteiger charge is 2.52. The summed E-state index contributed by atoms with van der Waals surface area (Å²) in [6, 6.07) is 19.7. The average molecular weight is 555 g/mol. The number of rotatable bonds is 5. The molecule has 8 heteroatoms. The van der Waals surface area contributed by atoms with Crippen LogP contribution < -0.4 is 10.8 Å². The third kappa shape index (κ3) is 5.63. The Morgan fingerprint density at radius 1 is 0.902 bits per heavy atom. The molecule has 2 aliphatic rings. The molecule has 5 rings (SSSR count). The minimum atomic E-state index is -0.731. The van der Waals surface area contributed by atoms with Crippen LogP contribution in [0.4, 0.5) is 10.5 Å². The quantitative estimate of drug-likeness (QED) is 0.282. The second kappa shape index (κ2) is 10.3. The summed E-state index contributed by atoms with van der Waals surface area (Å²) in [4.78, 5) is 26.3. The van der Waals surface area contributed by atoms with E-state index in [9.17, 15) is 9.59 Å². The van der Waals surface area contributed by atoms with E-state index in [0.717, 1.165) is 22.3 Å². The van der Waals surface area contributed by atoms with Gasteiger partial charge in [0.15, 0.2) is 0 Å². The number of anilines is 1. The van der Waals surface area contributed by atoms with Gasteiger partial charge in [-0.15, -0.1) is 0 Å². The predicted octanol–water partition coefficient (Wildman–Crippen LogP) is 6.61. The van der Waals surface area contributed by atoms with Crippen molar-refractivity contribution in [3.8, 4) is 11.1 Å². The molecule has 1 fully saturated rings. The lowest BCUT2D eigenvalue weighted by Crippen LogP contribution is -2.41. The number of esters is 1. The van der Waals surface area contributed by atoms with E-state index < -0.39 is 36.0 Å². The molecule has 3 aromatic carbocycles. The van der Waals surface area contributed by atoms with Gasteiger partial charge in [-0.2, -0.15) is 0 Å². The third-order valence-electron chi connectivity index (χ3n) is 8.16. The summed E-state index contributed by atoms with van der Waals surface area (Å²) >= 11 is 0. The number of fused-ring (bicyclic) bond motifs is 3. The third-order valence-corrected chi connectivity index (χ3v) is 8.16. The van der Waals surface area contributed by atoms with Gasteiger partial charge in [0, 0.05) is 11.6 Å². The summed E-state index contributed by atoms with van der Waals surface area (Å²) < 4.78 is 24.0. The van der Waals surface area contributed by atoms with Gasteiger partial charge < -0.3 is 18.8 Å². The molecule has 1 amide bonds. The topological polar surface area (TPSA) is 83.1 Å². The van der Waals surface area contributed by atoms with Crippen LogP contribution in [0.15, 0.2) is 60.7 Å². The van der Waals surface area contributed by atoms with E-state index in [4.69, 9.17) is 18.8 Å².